The van der Waals surface area contributed by atoms with Crippen molar-refractivity contribution in [2.75, 3.05) is 41.3 Å². The van der Waals surface area contributed by atoms with E-state index in [1.165, 1.54) is 42.3 Å². The molecular weight excluding hydrogens is 561 g/mol. The number of pyridine rings is 1. The second-order valence-corrected chi connectivity index (χ2v) is 11.3. The average molecular weight is 593 g/mol. The number of halogens is 3. The Labute approximate surface area is 239 Å². The van der Waals surface area contributed by atoms with E-state index < -0.39 is 23.0 Å². The number of aromatic nitrogens is 1. The molecule has 2 saturated heterocycles. The Balaban J connectivity index is 1.65. The lowest BCUT2D eigenvalue weighted by atomic mass is 10.0. The number of carbonyl (C=O) groups excluding carboxylic acids is 4. The maximum Gasteiger partial charge on any atom is 0.446 e. The molecule has 220 valence electrons. The number of carbonyl (C=O) groups is 4. The number of amides is 5. The molecule has 0 atom stereocenters. The van der Waals surface area contributed by atoms with Crippen LogP contribution >= 0.6 is 11.8 Å². The summed E-state index contributed by atoms with van der Waals surface area (Å²) in [5, 5.41) is 2.82. The summed E-state index contributed by atoms with van der Waals surface area (Å²) in [6, 6.07) is 6.15. The lowest BCUT2D eigenvalue weighted by Gasteiger charge is -2.38. The van der Waals surface area contributed by atoms with Crippen LogP contribution in [0.3, 0.4) is 0 Å². The van der Waals surface area contributed by atoms with Crippen LogP contribution in [0.1, 0.15) is 39.7 Å². The van der Waals surface area contributed by atoms with E-state index in [1.807, 2.05) is 4.90 Å². The third-order valence-corrected chi connectivity index (χ3v) is 7.85. The summed E-state index contributed by atoms with van der Waals surface area (Å²) >= 11 is -0.282. The highest BCUT2D eigenvalue weighted by molar-refractivity contribution is 8.00. The molecule has 0 bridgehead atoms. The van der Waals surface area contributed by atoms with E-state index in [0.717, 1.165) is 4.90 Å². The Kier molecular flexibility index (Phi) is 8.52. The first-order valence-corrected chi connectivity index (χ1v) is 13.8. The van der Waals surface area contributed by atoms with Crippen molar-refractivity contribution in [3.05, 3.63) is 42.1 Å². The van der Waals surface area contributed by atoms with Crippen LogP contribution in [0.2, 0.25) is 0 Å². The zero-order valence-corrected chi connectivity index (χ0v) is 23.9. The summed E-state index contributed by atoms with van der Waals surface area (Å²) in [5.74, 6) is -0.493. The summed E-state index contributed by atoms with van der Waals surface area (Å²) in [5.41, 5.74) is -4.35. The number of rotatable bonds is 7. The number of hydrogen-bond acceptors (Lipinski definition) is 7. The molecule has 2 aromatic rings. The highest BCUT2D eigenvalue weighted by Gasteiger charge is 2.52. The van der Waals surface area contributed by atoms with E-state index in [2.05, 4.69) is 10.3 Å². The number of nitrogens with zero attached hydrogens (tertiary/aromatic N) is 5. The topological polar surface area (TPSA) is 106 Å². The fourth-order valence-corrected chi connectivity index (χ4v) is 5.37. The third-order valence-electron chi connectivity index (χ3n) is 7.11. The van der Waals surface area contributed by atoms with Crippen LogP contribution in [-0.2, 0) is 20.9 Å². The van der Waals surface area contributed by atoms with Gasteiger partial charge >= 0.3 is 11.5 Å². The van der Waals surface area contributed by atoms with E-state index in [0.29, 0.717) is 43.2 Å². The van der Waals surface area contributed by atoms with Crippen molar-refractivity contribution in [1.29, 1.82) is 0 Å². The molecule has 1 N–H and O–H groups in total. The number of anilines is 3. The second-order valence-electron chi connectivity index (χ2n) is 10.2. The van der Waals surface area contributed by atoms with Gasteiger partial charge in [-0.25, -0.2) is 14.7 Å². The monoisotopic (exact) mass is 592 g/mol. The lowest BCUT2D eigenvalue weighted by molar-refractivity contribution is -0.129. The van der Waals surface area contributed by atoms with Crippen LogP contribution in [0.5, 0.6) is 0 Å². The van der Waals surface area contributed by atoms with Crippen LogP contribution in [-0.4, -0.2) is 75.8 Å². The van der Waals surface area contributed by atoms with Crippen molar-refractivity contribution < 1.29 is 32.3 Å². The normalized spacial score (nSPS) is 17.3. The molecule has 0 aliphatic carbocycles. The van der Waals surface area contributed by atoms with E-state index in [4.69, 9.17) is 0 Å². The third kappa shape index (κ3) is 6.42. The molecule has 0 spiro atoms. The van der Waals surface area contributed by atoms with Gasteiger partial charge in [-0.1, -0.05) is 6.92 Å². The van der Waals surface area contributed by atoms with E-state index in [9.17, 15) is 32.3 Å². The quantitative estimate of drug-likeness (QED) is 0.374. The molecule has 0 saturated carbocycles. The second kappa shape index (κ2) is 11.6. The van der Waals surface area contributed by atoms with Crippen molar-refractivity contribution in [3.8, 4) is 0 Å². The molecule has 14 heteroatoms. The van der Waals surface area contributed by atoms with Gasteiger partial charge in [-0.15, -0.1) is 0 Å². The van der Waals surface area contributed by atoms with Crippen molar-refractivity contribution in [2.45, 2.75) is 56.6 Å². The number of benzene rings is 1. The molecule has 41 heavy (non-hydrogen) atoms. The number of nitrogens with one attached hydrogen (secondary N) is 1. The summed E-state index contributed by atoms with van der Waals surface area (Å²) in [4.78, 5) is 61.7. The highest BCUT2D eigenvalue weighted by Crippen LogP contribution is 2.40. The maximum absolute atomic E-state index is 13.7. The van der Waals surface area contributed by atoms with Gasteiger partial charge in [-0.2, -0.15) is 13.2 Å². The number of thioether (sulfide) groups is 1. The fraction of sp³-hybridized carbons (Fsp3) is 0.444. The molecule has 0 unspecified atom stereocenters. The van der Waals surface area contributed by atoms with Crippen molar-refractivity contribution in [1.82, 2.24) is 14.8 Å². The van der Waals surface area contributed by atoms with Crippen molar-refractivity contribution in [3.63, 3.8) is 0 Å². The maximum atomic E-state index is 13.7. The molecule has 1 aromatic heterocycles. The van der Waals surface area contributed by atoms with Crippen LogP contribution in [0.15, 0.2) is 41.4 Å². The van der Waals surface area contributed by atoms with Gasteiger partial charge in [0.25, 0.3) is 5.91 Å². The van der Waals surface area contributed by atoms with E-state index in [-0.39, 0.29) is 47.1 Å². The van der Waals surface area contributed by atoms with Crippen LogP contribution in [0.25, 0.3) is 0 Å². The molecular formula is C27H31F3N6O4S. The van der Waals surface area contributed by atoms with Gasteiger partial charge < -0.3 is 20.0 Å². The van der Waals surface area contributed by atoms with Crippen LogP contribution < -0.4 is 15.1 Å². The summed E-state index contributed by atoms with van der Waals surface area (Å²) in [6.07, 6.45) is 1.74. The molecule has 2 aliphatic rings. The van der Waals surface area contributed by atoms with Crippen molar-refractivity contribution >= 4 is 52.7 Å². The molecule has 3 heterocycles. The first kappa shape index (κ1) is 30.2. The predicted molar refractivity (Wildman–Crippen MR) is 148 cm³/mol. The molecule has 0 radical (unpaired) electrons. The SMILES string of the molecule is CCC(=O)Nc1nccc(CN2C(=O)N(c3ccc(SC(F)(F)F)cc3)C(=O)C2(C)C)c1N1CCN(C(C)=O)CC1. The van der Waals surface area contributed by atoms with Crippen LogP contribution in [0, 0.1) is 0 Å². The van der Waals surface area contributed by atoms with Gasteiger partial charge in [0.2, 0.25) is 11.8 Å². The number of imide groups is 1. The van der Waals surface area contributed by atoms with Gasteiger partial charge in [0.05, 0.1) is 17.9 Å². The van der Waals surface area contributed by atoms with Gasteiger partial charge in [-0.05, 0) is 55.9 Å². The standard InChI is InChI=1S/C27H31F3N6O4S/c1-5-21(38)32-23-22(34-14-12-33(13-15-34)17(2)37)18(10-11-31-23)16-35-25(40)36(24(39)26(35,3)4)19-6-8-20(9-7-19)41-27(28,29)30/h6-11H,5,12-16H2,1-4H3,(H,31,32,38). The van der Waals surface area contributed by atoms with Crippen LogP contribution in [0.4, 0.5) is 35.2 Å². The van der Waals surface area contributed by atoms with Gasteiger partial charge in [0.15, 0.2) is 5.82 Å². The zero-order valence-electron chi connectivity index (χ0n) is 23.1. The molecule has 4 rings (SSSR count). The minimum Gasteiger partial charge on any atom is -0.365 e. The first-order chi connectivity index (χ1) is 19.2. The lowest BCUT2D eigenvalue weighted by Crippen LogP contribution is -2.49. The molecule has 2 aliphatic heterocycles. The Morgan fingerprint density at radius 3 is 2.24 bits per heavy atom. The van der Waals surface area contributed by atoms with E-state index in [1.54, 1.807) is 31.7 Å². The number of hydrogen-bond donors (Lipinski definition) is 1. The number of piperazine rings is 1. The molecule has 10 nitrogen and oxygen atoms in total. The Morgan fingerprint density at radius 2 is 1.68 bits per heavy atom. The van der Waals surface area contributed by atoms with E-state index >= 15 is 0 Å². The zero-order chi connectivity index (χ0) is 30.1. The van der Waals surface area contributed by atoms with Gasteiger partial charge in [0.1, 0.15) is 5.54 Å². The number of urea groups is 1. The Bertz CT molecular complexity index is 1340. The van der Waals surface area contributed by atoms with Gasteiger partial charge in [0, 0.05) is 56.2 Å². The largest absolute Gasteiger partial charge is 0.446 e. The molecule has 1 aromatic carbocycles. The summed E-state index contributed by atoms with van der Waals surface area (Å²) in [6.45, 7) is 8.29. The van der Waals surface area contributed by atoms with Gasteiger partial charge in [-0.3, -0.25) is 14.4 Å². The Hall–Kier alpha value is -3.81. The molecule has 2 fully saturated rings. The summed E-state index contributed by atoms with van der Waals surface area (Å²) < 4.78 is 38.3. The Morgan fingerprint density at radius 1 is 1.05 bits per heavy atom. The highest BCUT2D eigenvalue weighted by atomic mass is 32.2. The summed E-state index contributed by atoms with van der Waals surface area (Å²) in [7, 11) is 0. The minimum absolute atomic E-state index is 0.00411. The minimum atomic E-state index is -4.46. The smallest absolute Gasteiger partial charge is 0.365 e. The number of alkyl halides is 3. The van der Waals surface area contributed by atoms with Crippen molar-refractivity contribution in [2.24, 2.45) is 0 Å². The predicted octanol–water partition coefficient (Wildman–Crippen LogP) is 4.46. The first-order valence-electron chi connectivity index (χ1n) is 13.0. The average Bonchev–Trinajstić information content (AvgIpc) is 3.07. The fourth-order valence-electron chi connectivity index (χ4n) is 4.83. The molecule has 5 amide bonds.